The number of alkyl halides is 1. The highest BCUT2D eigenvalue weighted by Gasteiger charge is 2.33. The Bertz CT molecular complexity index is 167. The Kier molecular flexibility index (Phi) is 4.68. The van der Waals surface area contributed by atoms with Gasteiger partial charge in [-0.25, -0.2) is 0 Å². The minimum Gasteiger partial charge on any atom is -0.389 e. The van der Waals surface area contributed by atoms with E-state index in [1.165, 1.54) is 12.8 Å². The quantitative estimate of drug-likeness (QED) is 0.734. The van der Waals surface area contributed by atoms with Crippen molar-refractivity contribution in [3.63, 3.8) is 0 Å². The molecule has 0 spiro atoms. The van der Waals surface area contributed by atoms with E-state index >= 15 is 0 Å². The van der Waals surface area contributed by atoms with Crippen molar-refractivity contribution in [3.8, 4) is 0 Å². The average Bonchev–Trinajstić information content (AvgIpc) is 2.14. The van der Waals surface area contributed by atoms with Gasteiger partial charge in [-0.05, 0) is 46.2 Å². The second-order valence-electron chi connectivity index (χ2n) is 4.74. The molecular weight excluding hydrogens is 198 g/mol. The van der Waals surface area contributed by atoms with E-state index in [0.717, 1.165) is 31.8 Å². The number of rotatable bonds is 4. The lowest BCUT2D eigenvalue weighted by Crippen LogP contribution is -2.52. The van der Waals surface area contributed by atoms with Crippen LogP contribution in [0.25, 0.3) is 0 Å². The third kappa shape index (κ3) is 3.41. The summed E-state index contributed by atoms with van der Waals surface area (Å²) in [6, 6.07) is 0.319. The first-order chi connectivity index (χ1) is 6.55. The molecule has 0 aliphatic carbocycles. The Morgan fingerprint density at radius 3 is 2.71 bits per heavy atom. The van der Waals surface area contributed by atoms with Gasteiger partial charge in [0.15, 0.2) is 0 Å². The SMILES string of the molecule is CC(C)(O)[C@@H]1CCCCN1CCCCl. The molecule has 1 aliphatic heterocycles. The molecule has 0 aromatic rings. The lowest BCUT2D eigenvalue weighted by atomic mass is 9.89. The lowest BCUT2D eigenvalue weighted by Gasteiger charge is -2.42. The van der Waals surface area contributed by atoms with Gasteiger partial charge in [0.1, 0.15) is 0 Å². The maximum atomic E-state index is 10.0. The van der Waals surface area contributed by atoms with E-state index in [2.05, 4.69) is 4.90 Å². The van der Waals surface area contributed by atoms with E-state index in [9.17, 15) is 5.11 Å². The second-order valence-corrected chi connectivity index (χ2v) is 5.12. The molecule has 3 heteroatoms. The number of aliphatic hydroxyl groups is 1. The van der Waals surface area contributed by atoms with Gasteiger partial charge in [-0.15, -0.1) is 11.6 Å². The molecule has 1 atom stereocenters. The van der Waals surface area contributed by atoms with Gasteiger partial charge in [-0.1, -0.05) is 6.42 Å². The van der Waals surface area contributed by atoms with Crippen LogP contribution in [0.4, 0.5) is 0 Å². The van der Waals surface area contributed by atoms with Crippen molar-refractivity contribution in [2.75, 3.05) is 19.0 Å². The zero-order chi connectivity index (χ0) is 10.6. The van der Waals surface area contributed by atoms with E-state index in [-0.39, 0.29) is 0 Å². The Morgan fingerprint density at radius 1 is 1.43 bits per heavy atom. The van der Waals surface area contributed by atoms with Crippen molar-refractivity contribution in [1.82, 2.24) is 4.90 Å². The van der Waals surface area contributed by atoms with Gasteiger partial charge in [-0.3, -0.25) is 4.90 Å². The third-order valence-corrected chi connectivity index (χ3v) is 3.28. The number of hydrogen-bond donors (Lipinski definition) is 1. The first-order valence-corrected chi connectivity index (χ1v) is 6.11. The fraction of sp³-hybridized carbons (Fsp3) is 1.00. The summed E-state index contributed by atoms with van der Waals surface area (Å²) in [4.78, 5) is 2.39. The van der Waals surface area contributed by atoms with Crippen LogP contribution >= 0.6 is 11.6 Å². The molecule has 1 saturated heterocycles. The summed E-state index contributed by atoms with van der Waals surface area (Å²) in [7, 11) is 0. The summed E-state index contributed by atoms with van der Waals surface area (Å²) in [5, 5.41) is 10.0. The summed E-state index contributed by atoms with van der Waals surface area (Å²) in [6.07, 6.45) is 4.64. The van der Waals surface area contributed by atoms with Gasteiger partial charge in [0.2, 0.25) is 0 Å². The topological polar surface area (TPSA) is 23.5 Å². The number of halogens is 1. The first-order valence-electron chi connectivity index (χ1n) is 5.58. The van der Waals surface area contributed by atoms with E-state index in [1.807, 2.05) is 13.8 Å². The molecule has 0 saturated carbocycles. The maximum absolute atomic E-state index is 10.0. The van der Waals surface area contributed by atoms with Crippen LogP contribution in [-0.4, -0.2) is 40.6 Å². The molecule has 1 aliphatic rings. The lowest BCUT2D eigenvalue weighted by molar-refractivity contribution is -0.0361. The monoisotopic (exact) mass is 219 g/mol. The van der Waals surface area contributed by atoms with Crippen LogP contribution in [-0.2, 0) is 0 Å². The highest BCUT2D eigenvalue weighted by molar-refractivity contribution is 6.17. The molecule has 1 N–H and O–H groups in total. The summed E-state index contributed by atoms with van der Waals surface area (Å²) in [5.74, 6) is 0.717. The highest BCUT2D eigenvalue weighted by Crippen LogP contribution is 2.25. The predicted molar refractivity (Wildman–Crippen MR) is 60.8 cm³/mol. The number of piperidine rings is 1. The molecule has 14 heavy (non-hydrogen) atoms. The fourth-order valence-corrected chi connectivity index (χ4v) is 2.44. The van der Waals surface area contributed by atoms with Crippen molar-refractivity contribution < 1.29 is 5.11 Å². The molecule has 1 heterocycles. The standard InChI is InChI=1S/C11H22ClNO/c1-11(2,14)10-6-3-4-8-13(10)9-5-7-12/h10,14H,3-9H2,1-2H3/t10-/m0/s1. The number of likely N-dealkylation sites (tertiary alicyclic amines) is 1. The molecule has 1 rings (SSSR count). The smallest absolute Gasteiger partial charge is 0.0746 e. The summed E-state index contributed by atoms with van der Waals surface area (Å²) in [6.45, 7) is 5.97. The Balaban J connectivity index is 2.50. The van der Waals surface area contributed by atoms with Gasteiger partial charge in [0.25, 0.3) is 0 Å². The molecule has 0 unspecified atom stereocenters. The summed E-state index contributed by atoms with van der Waals surface area (Å²) >= 11 is 5.69. The van der Waals surface area contributed by atoms with Gasteiger partial charge in [0, 0.05) is 11.9 Å². The van der Waals surface area contributed by atoms with E-state index < -0.39 is 5.60 Å². The van der Waals surface area contributed by atoms with E-state index in [4.69, 9.17) is 11.6 Å². The first kappa shape index (κ1) is 12.3. The van der Waals surface area contributed by atoms with Crippen LogP contribution in [0.2, 0.25) is 0 Å². The van der Waals surface area contributed by atoms with Crippen LogP contribution in [0, 0.1) is 0 Å². The van der Waals surface area contributed by atoms with Crippen molar-refractivity contribution in [3.05, 3.63) is 0 Å². The molecule has 2 nitrogen and oxygen atoms in total. The van der Waals surface area contributed by atoms with E-state index in [0.29, 0.717) is 6.04 Å². The zero-order valence-corrected chi connectivity index (χ0v) is 10.1. The van der Waals surface area contributed by atoms with Gasteiger partial charge >= 0.3 is 0 Å². The van der Waals surface area contributed by atoms with Crippen LogP contribution in [0.15, 0.2) is 0 Å². The molecule has 0 amide bonds. The van der Waals surface area contributed by atoms with Crippen molar-refractivity contribution in [2.24, 2.45) is 0 Å². The van der Waals surface area contributed by atoms with Crippen LogP contribution < -0.4 is 0 Å². The van der Waals surface area contributed by atoms with Crippen LogP contribution in [0.5, 0.6) is 0 Å². The molecule has 1 fully saturated rings. The van der Waals surface area contributed by atoms with Crippen molar-refractivity contribution in [2.45, 2.75) is 51.2 Å². The molecule has 0 radical (unpaired) electrons. The zero-order valence-electron chi connectivity index (χ0n) is 9.30. The largest absolute Gasteiger partial charge is 0.389 e. The normalized spacial score (nSPS) is 25.3. The predicted octanol–water partition coefficient (Wildman–Crippen LogP) is 2.24. The molecule has 0 aromatic carbocycles. The fourth-order valence-electron chi connectivity index (χ4n) is 2.32. The van der Waals surface area contributed by atoms with Gasteiger partial charge < -0.3 is 5.11 Å². The Hall–Kier alpha value is 0.210. The molecule has 0 bridgehead atoms. The van der Waals surface area contributed by atoms with Gasteiger partial charge in [0.05, 0.1) is 5.60 Å². The van der Waals surface area contributed by atoms with Crippen molar-refractivity contribution >= 4 is 11.6 Å². The molecule has 0 aromatic heterocycles. The third-order valence-electron chi connectivity index (χ3n) is 3.01. The average molecular weight is 220 g/mol. The molecular formula is C11H22ClNO. The summed E-state index contributed by atoms with van der Waals surface area (Å²) < 4.78 is 0. The minimum atomic E-state index is -0.577. The second kappa shape index (κ2) is 5.34. The maximum Gasteiger partial charge on any atom is 0.0746 e. The summed E-state index contributed by atoms with van der Waals surface area (Å²) in [5.41, 5.74) is -0.577. The number of nitrogens with zero attached hydrogens (tertiary/aromatic N) is 1. The Labute approximate surface area is 92.2 Å². The highest BCUT2D eigenvalue weighted by atomic mass is 35.5. The van der Waals surface area contributed by atoms with Crippen molar-refractivity contribution in [1.29, 1.82) is 0 Å². The minimum absolute atomic E-state index is 0.319. The van der Waals surface area contributed by atoms with Crippen LogP contribution in [0.3, 0.4) is 0 Å². The van der Waals surface area contributed by atoms with Gasteiger partial charge in [-0.2, -0.15) is 0 Å². The Morgan fingerprint density at radius 2 is 2.14 bits per heavy atom. The van der Waals surface area contributed by atoms with Crippen LogP contribution in [0.1, 0.15) is 39.5 Å². The number of hydrogen-bond acceptors (Lipinski definition) is 2. The molecule has 84 valence electrons. The van der Waals surface area contributed by atoms with E-state index in [1.54, 1.807) is 0 Å².